The largest absolute Gasteiger partial charge is 0.494 e. The average Bonchev–Trinajstić information content (AvgIpc) is 2.87. The molecule has 0 radical (unpaired) electrons. The highest BCUT2D eigenvalue weighted by Gasteiger charge is 2.20. The number of piperidine rings is 1. The number of rotatable bonds is 9. The predicted octanol–water partition coefficient (Wildman–Crippen LogP) is 4.23. The van der Waals surface area contributed by atoms with Crippen LogP contribution >= 0.6 is 0 Å². The van der Waals surface area contributed by atoms with Gasteiger partial charge in [0.05, 0.1) is 32.2 Å². The summed E-state index contributed by atoms with van der Waals surface area (Å²) in [6, 6.07) is 8.70. The highest BCUT2D eigenvalue weighted by atomic mass is 19.1. The second-order valence-electron chi connectivity index (χ2n) is 7.64. The summed E-state index contributed by atoms with van der Waals surface area (Å²) in [6.07, 6.45) is 5.05. The molecule has 180 valence electrons. The molecule has 10 heteroatoms. The summed E-state index contributed by atoms with van der Waals surface area (Å²) in [5, 5.41) is 6.40. The smallest absolute Gasteiger partial charge is 0.227 e. The maximum atomic E-state index is 14.5. The van der Waals surface area contributed by atoms with Crippen LogP contribution < -0.4 is 29.6 Å². The Morgan fingerprint density at radius 1 is 0.941 bits per heavy atom. The molecule has 8 nitrogen and oxygen atoms in total. The Balaban J connectivity index is 1.35. The number of aromatic nitrogens is 2. The summed E-state index contributed by atoms with van der Waals surface area (Å²) in [5.74, 6) is -0.577. The van der Waals surface area contributed by atoms with Crippen LogP contribution in [-0.2, 0) is 6.61 Å². The number of anilines is 2. The number of benzene rings is 2. The van der Waals surface area contributed by atoms with Crippen molar-refractivity contribution in [3.63, 3.8) is 0 Å². The minimum absolute atomic E-state index is 0.139. The number of nitrogens with zero attached hydrogens (tertiary/aromatic N) is 2. The van der Waals surface area contributed by atoms with Gasteiger partial charge in [0.1, 0.15) is 18.5 Å². The van der Waals surface area contributed by atoms with E-state index in [4.69, 9.17) is 18.9 Å². The van der Waals surface area contributed by atoms with E-state index in [0.29, 0.717) is 5.95 Å². The molecule has 1 aromatic heterocycles. The van der Waals surface area contributed by atoms with E-state index >= 15 is 0 Å². The molecule has 1 aliphatic rings. The summed E-state index contributed by atoms with van der Waals surface area (Å²) in [5.41, 5.74) is 0.476. The third-order valence-electron chi connectivity index (χ3n) is 5.38. The van der Waals surface area contributed by atoms with E-state index in [1.807, 2.05) is 24.3 Å². The first kappa shape index (κ1) is 23.5. The summed E-state index contributed by atoms with van der Waals surface area (Å²) >= 11 is 0. The third kappa shape index (κ3) is 5.63. The van der Waals surface area contributed by atoms with Gasteiger partial charge in [0.15, 0.2) is 28.9 Å². The summed E-state index contributed by atoms with van der Waals surface area (Å²) in [4.78, 5) is 8.38. The van der Waals surface area contributed by atoms with Crippen molar-refractivity contribution >= 4 is 11.6 Å². The number of methoxy groups -OCH3 is 2. The molecular weight excluding hydrogens is 446 g/mol. The Morgan fingerprint density at radius 2 is 1.56 bits per heavy atom. The minimum atomic E-state index is -0.854. The zero-order chi connectivity index (χ0) is 23.9. The van der Waals surface area contributed by atoms with Crippen LogP contribution in [-0.4, -0.2) is 43.4 Å². The van der Waals surface area contributed by atoms with Gasteiger partial charge in [-0.1, -0.05) is 0 Å². The van der Waals surface area contributed by atoms with Crippen LogP contribution in [0.25, 0.3) is 0 Å². The molecule has 1 saturated heterocycles. The first-order valence-electron chi connectivity index (χ1n) is 10.9. The van der Waals surface area contributed by atoms with Gasteiger partial charge in [-0.25, -0.2) is 18.7 Å². The number of hydrogen-bond donors (Lipinski definition) is 2. The molecule has 2 N–H and O–H groups in total. The van der Waals surface area contributed by atoms with Crippen LogP contribution in [0.3, 0.4) is 0 Å². The lowest BCUT2D eigenvalue weighted by Crippen LogP contribution is -2.34. The zero-order valence-corrected chi connectivity index (χ0v) is 18.9. The molecule has 1 aliphatic heterocycles. The van der Waals surface area contributed by atoms with Crippen molar-refractivity contribution in [1.82, 2.24) is 15.3 Å². The lowest BCUT2D eigenvalue weighted by Gasteiger charge is -2.23. The second kappa shape index (κ2) is 11.0. The molecule has 34 heavy (non-hydrogen) atoms. The monoisotopic (exact) mass is 472 g/mol. The van der Waals surface area contributed by atoms with Gasteiger partial charge in [-0.15, -0.1) is 0 Å². The van der Waals surface area contributed by atoms with E-state index < -0.39 is 11.6 Å². The first-order valence-corrected chi connectivity index (χ1v) is 10.9. The summed E-state index contributed by atoms with van der Waals surface area (Å²) in [7, 11) is 2.57. The lowest BCUT2D eigenvalue weighted by molar-refractivity contribution is 0.162. The highest BCUT2D eigenvalue weighted by molar-refractivity contribution is 5.54. The van der Waals surface area contributed by atoms with Crippen molar-refractivity contribution in [2.75, 3.05) is 32.6 Å². The average molecular weight is 472 g/mol. The molecule has 0 amide bonds. The SMILES string of the molecule is COc1cc(OC)c(F)c(COc2cnc(Nc3ccc(OC4CCNCC4)cc3)nc2)c1F. The fourth-order valence-corrected chi connectivity index (χ4v) is 3.53. The molecule has 0 unspecified atom stereocenters. The van der Waals surface area contributed by atoms with Gasteiger partial charge >= 0.3 is 0 Å². The third-order valence-corrected chi connectivity index (χ3v) is 5.38. The molecule has 2 heterocycles. The zero-order valence-electron chi connectivity index (χ0n) is 18.9. The van der Waals surface area contributed by atoms with Gasteiger partial charge in [-0.2, -0.15) is 0 Å². The predicted molar refractivity (Wildman–Crippen MR) is 122 cm³/mol. The van der Waals surface area contributed by atoms with Crippen LogP contribution in [0.5, 0.6) is 23.0 Å². The molecule has 2 aromatic carbocycles. The van der Waals surface area contributed by atoms with Crippen molar-refractivity contribution in [2.45, 2.75) is 25.6 Å². The molecule has 0 saturated carbocycles. The standard InChI is InChI=1S/C24H26F2N4O4/c1-31-20-11-21(32-2)23(26)19(22(20)25)14-33-18-12-28-24(29-13-18)30-15-3-5-16(6-4-15)34-17-7-9-27-10-8-17/h3-6,11-13,17,27H,7-10,14H2,1-2H3,(H,28,29,30). The van der Waals surface area contributed by atoms with Crippen molar-refractivity contribution in [1.29, 1.82) is 0 Å². The molecule has 0 atom stereocenters. The topological polar surface area (TPSA) is 86.8 Å². The lowest BCUT2D eigenvalue weighted by atomic mass is 10.1. The van der Waals surface area contributed by atoms with Gasteiger partial charge in [0, 0.05) is 11.8 Å². The fourth-order valence-electron chi connectivity index (χ4n) is 3.53. The summed E-state index contributed by atoms with van der Waals surface area (Å²) in [6.45, 7) is 1.55. The van der Waals surface area contributed by atoms with Crippen LogP contribution in [0.4, 0.5) is 20.4 Å². The van der Waals surface area contributed by atoms with Crippen LogP contribution in [0.2, 0.25) is 0 Å². The fraction of sp³-hybridized carbons (Fsp3) is 0.333. The van der Waals surface area contributed by atoms with Gasteiger partial charge in [-0.3, -0.25) is 0 Å². The van der Waals surface area contributed by atoms with Gasteiger partial charge < -0.3 is 29.6 Å². The second-order valence-corrected chi connectivity index (χ2v) is 7.64. The number of halogens is 2. The van der Waals surface area contributed by atoms with Crippen molar-refractivity contribution < 1.29 is 27.7 Å². The maximum absolute atomic E-state index is 14.5. The Bertz CT molecular complexity index is 1060. The summed E-state index contributed by atoms with van der Waals surface area (Å²) < 4.78 is 50.3. The Labute approximate surface area is 196 Å². The number of ether oxygens (including phenoxy) is 4. The van der Waals surface area contributed by atoms with E-state index in [0.717, 1.165) is 43.4 Å². The number of nitrogens with one attached hydrogen (secondary N) is 2. The van der Waals surface area contributed by atoms with Crippen LogP contribution in [0.15, 0.2) is 42.7 Å². The van der Waals surface area contributed by atoms with E-state index in [2.05, 4.69) is 20.6 Å². The molecule has 0 spiro atoms. The van der Waals surface area contributed by atoms with E-state index in [1.165, 1.54) is 26.6 Å². The van der Waals surface area contributed by atoms with Gasteiger partial charge in [0.2, 0.25) is 5.95 Å². The van der Waals surface area contributed by atoms with Crippen molar-refractivity contribution in [3.8, 4) is 23.0 Å². The molecule has 1 fully saturated rings. The Morgan fingerprint density at radius 3 is 2.15 bits per heavy atom. The maximum Gasteiger partial charge on any atom is 0.227 e. The number of hydrogen-bond acceptors (Lipinski definition) is 8. The Kier molecular flexibility index (Phi) is 7.58. The molecule has 0 aliphatic carbocycles. The van der Waals surface area contributed by atoms with E-state index in [9.17, 15) is 8.78 Å². The van der Waals surface area contributed by atoms with Gasteiger partial charge in [-0.05, 0) is 50.2 Å². The minimum Gasteiger partial charge on any atom is -0.494 e. The van der Waals surface area contributed by atoms with Crippen molar-refractivity contribution in [3.05, 3.63) is 59.9 Å². The van der Waals surface area contributed by atoms with Crippen LogP contribution in [0.1, 0.15) is 18.4 Å². The molecule has 4 rings (SSSR count). The highest BCUT2D eigenvalue weighted by Crippen LogP contribution is 2.32. The quantitative estimate of drug-likeness (QED) is 0.479. The van der Waals surface area contributed by atoms with Gasteiger partial charge in [0.25, 0.3) is 0 Å². The molecule has 3 aromatic rings. The molecule has 0 bridgehead atoms. The van der Waals surface area contributed by atoms with E-state index in [-0.39, 0.29) is 35.5 Å². The van der Waals surface area contributed by atoms with Crippen molar-refractivity contribution in [2.24, 2.45) is 0 Å². The Hall–Kier alpha value is -3.66. The first-order chi connectivity index (χ1) is 16.6. The molecular formula is C24H26F2N4O4. The van der Waals surface area contributed by atoms with E-state index in [1.54, 1.807) is 0 Å². The van der Waals surface area contributed by atoms with Crippen LogP contribution in [0, 0.1) is 11.6 Å². The normalized spacial score (nSPS) is 13.9.